The fourth-order valence-corrected chi connectivity index (χ4v) is 2.58. The molecule has 0 radical (unpaired) electrons. The Balaban J connectivity index is 2.06. The Morgan fingerprint density at radius 1 is 1.41 bits per heavy atom. The summed E-state index contributed by atoms with van der Waals surface area (Å²) in [6.07, 6.45) is 7.12. The highest BCUT2D eigenvalue weighted by atomic mass is 32.2. The zero-order chi connectivity index (χ0) is 15.9. The number of thioether (sulfide) groups is 1. The molecule has 0 saturated carbocycles. The van der Waals surface area contributed by atoms with Crippen LogP contribution in [0.2, 0.25) is 0 Å². The fraction of sp³-hybridized carbons (Fsp3) is 0.500. The zero-order valence-electron chi connectivity index (χ0n) is 12.8. The Morgan fingerprint density at radius 3 is 2.77 bits per heavy atom. The van der Waals surface area contributed by atoms with Crippen molar-refractivity contribution in [3.05, 3.63) is 17.3 Å². The van der Waals surface area contributed by atoms with E-state index in [9.17, 15) is 4.79 Å². The van der Waals surface area contributed by atoms with E-state index < -0.39 is 0 Å². The number of ether oxygens (including phenoxy) is 1. The lowest BCUT2D eigenvalue weighted by molar-refractivity contribution is 0.0491. The van der Waals surface area contributed by atoms with Crippen molar-refractivity contribution in [1.29, 1.82) is 0 Å². The molecule has 22 heavy (non-hydrogen) atoms. The van der Waals surface area contributed by atoms with E-state index in [2.05, 4.69) is 33.4 Å². The van der Waals surface area contributed by atoms with Crippen molar-refractivity contribution in [1.82, 2.24) is 19.6 Å². The van der Waals surface area contributed by atoms with Gasteiger partial charge in [-0.1, -0.05) is 36.5 Å². The van der Waals surface area contributed by atoms with E-state index in [4.69, 9.17) is 4.74 Å². The van der Waals surface area contributed by atoms with Gasteiger partial charge in [-0.2, -0.15) is 0 Å². The van der Waals surface area contributed by atoms with Crippen LogP contribution in [0.1, 0.15) is 36.4 Å². The van der Waals surface area contributed by atoms with E-state index >= 15 is 0 Å². The molecule has 0 aliphatic heterocycles. The van der Waals surface area contributed by atoms with E-state index in [1.165, 1.54) is 11.8 Å². The van der Waals surface area contributed by atoms with Gasteiger partial charge in [0.05, 0.1) is 6.61 Å². The van der Waals surface area contributed by atoms with Gasteiger partial charge in [-0.25, -0.2) is 14.8 Å². The van der Waals surface area contributed by atoms with Gasteiger partial charge in [0.15, 0.2) is 10.0 Å². The summed E-state index contributed by atoms with van der Waals surface area (Å²) in [6.45, 7) is 4.67. The summed E-state index contributed by atoms with van der Waals surface area (Å²) >= 11 is 2.48. The number of nitrogens with zero attached hydrogens (tertiary/aromatic N) is 4. The number of carbonyl (C=O) groups excluding carboxylic acids is 1. The lowest BCUT2D eigenvalue weighted by atomic mass is 10.1. The van der Waals surface area contributed by atoms with Crippen molar-refractivity contribution >= 4 is 29.3 Å². The van der Waals surface area contributed by atoms with Crippen LogP contribution in [0.15, 0.2) is 17.6 Å². The molecule has 118 valence electrons. The highest BCUT2D eigenvalue weighted by molar-refractivity contribution is 7.98. The van der Waals surface area contributed by atoms with Crippen LogP contribution in [-0.2, 0) is 4.74 Å². The van der Waals surface area contributed by atoms with Crippen LogP contribution in [0.4, 0.5) is 0 Å². The molecular weight excluding hydrogens is 320 g/mol. The Labute approximate surface area is 137 Å². The normalized spacial score (nSPS) is 12.1. The first-order valence-corrected chi connectivity index (χ1v) is 9.01. The first-order chi connectivity index (χ1) is 10.7. The number of hydrogen-bond acceptors (Lipinski definition) is 8. The van der Waals surface area contributed by atoms with Gasteiger partial charge in [-0.05, 0) is 30.1 Å². The van der Waals surface area contributed by atoms with Gasteiger partial charge < -0.3 is 4.74 Å². The SMILES string of the molecule is CC[C@@H](C)CCOC(=O)c1snnc1-c1cnc(SC)nc1. The predicted octanol–water partition coefficient (Wildman–Crippen LogP) is 3.31. The van der Waals surface area contributed by atoms with E-state index in [1.807, 2.05) is 6.26 Å². The molecule has 0 N–H and O–H groups in total. The number of carbonyl (C=O) groups is 1. The minimum atomic E-state index is -0.387. The van der Waals surface area contributed by atoms with Crippen molar-refractivity contribution in [2.24, 2.45) is 5.92 Å². The summed E-state index contributed by atoms with van der Waals surface area (Å²) in [5, 5.41) is 4.67. The number of esters is 1. The third kappa shape index (κ3) is 4.23. The Hall–Kier alpha value is -1.54. The molecule has 0 amide bonds. The van der Waals surface area contributed by atoms with Gasteiger partial charge in [0, 0.05) is 18.0 Å². The van der Waals surface area contributed by atoms with Gasteiger partial charge in [0.1, 0.15) is 5.69 Å². The molecule has 0 aromatic carbocycles. The van der Waals surface area contributed by atoms with Crippen LogP contribution in [0.25, 0.3) is 11.3 Å². The monoisotopic (exact) mass is 338 g/mol. The van der Waals surface area contributed by atoms with Crippen molar-refractivity contribution in [3.8, 4) is 11.3 Å². The van der Waals surface area contributed by atoms with Crippen LogP contribution in [0.5, 0.6) is 0 Å². The third-order valence-electron chi connectivity index (χ3n) is 3.30. The van der Waals surface area contributed by atoms with Crippen LogP contribution in [-0.4, -0.2) is 38.4 Å². The largest absolute Gasteiger partial charge is 0.461 e. The second-order valence-corrected chi connectivity index (χ2v) is 6.37. The fourth-order valence-electron chi connectivity index (χ4n) is 1.68. The molecule has 2 aromatic rings. The molecule has 0 spiro atoms. The summed E-state index contributed by atoms with van der Waals surface area (Å²) in [6, 6.07) is 0. The van der Waals surface area contributed by atoms with E-state index in [0.29, 0.717) is 33.8 Å². The number of rotatable bonds is 7. The van der Waals surface area contributed by atoms with E-state index in [0.717, 1.165) is 24.4 Å². The maximum Gasteiger partial charge on any atom is 0.352 e. The lowest BCUT2D eigenvalue weighted by Crippen LogP contribution is -2.08. The molecule has 2 aromatic heterocycles. The quantitative estimate of drug-likeness (QED) is 0.435. The first kappa shape index (κ1) is 16.8. The molecule has 2 rings (SSSR count). The maximum atomic E-state index is 12.2. The highest BCUT2D eigenvalue weighted by Gasteiger charge is 2.20. The zero-order valence-corrected chi connectivity index (χ0v) is 14.4. The third-order valence-corrected chi connectivity index (χ3v) is 4.58. The van der Waals surface area contributed by atoms with Crippen molar-refractivity contribution in [2.75, 3.05) is 12.9 Å². The summed E-state index contributed by atoms with van der Waals surface area (Å²) in [5.41, 5.74) is 1.15. The topological polar surface area (TPSA) is 77.9 Å². The molecule has 0 saturated heterocycles. The number of aromatic nitrogens is 4. The van der Waals surface area contributed by atoms with Gasteiger partial charge in [0.2, 0.25) is 0 Å². The van der Waals surface area contributed by atoms with Gasteiger partial charge in [0.25, 0.3) is 0 Å². The Kier molecular flexibility index (Phi) is 6.26. The predicted molar refractivity (Wildman–Crippen MR) is 87.1 cm³/mol. The van der Waals surface area contributed by atoms with E-state index in [-0.39, 0.29) is 5.97 Å². The average Bonchev–Trinajstić information content (AvgIpc) is 3.04. The minimum Gasteiger partial charge on any atom is -0.461 e. The first-order valence-electron chi connectivity index (χ1n) is 7.01. The molecule has 2 heterocycles. The second kappa shape index (κ2) is 8.19. The smallest absolute Gasteiger partial charge is 0.352 e. The molecule has 0 aliphatic carbocycles. The van der Waals surface area contributed by atoms with Crippen molar-refractivity contribution < 1.29 is 9.53 Å². The highest BCUT2D eigenvalue weighted by Crippen LogP contribution is 2.24. The Bertz CT molecular complexity index is 616. The Morgan fingerprint density at radius 2 is 2.14 bits per heavy atom. The number of hydrogen-bond donors (Lipinski definition) is 0. The van der Waals surface area contributed by atoms with Gasteiger partial charge >= 0.3 is 5.97 Å². The molecule has 1 atom stereocenters. The van der Waals surface area contributed by atoms with Crippen LogP contribution >= 0.6 is 23.3 Å². The summed E-state index contributed by atoms with van der Waals surface area (Å²) in [4.78, 5) is 20.9. The van der Waals surface area contributed by atoms with Crippen molar-refractivity contribution in [3.63, 3.8) is 0 Å². The maximum absolute atomic E-state index is 12.2. The van der Waals surface area contributed by atoms with Gasteiger partial charge in [-0.15, -0.1) is 5.10 Å². The molecule has 0 unspecified atom stereocenters. The van der Waals surface area contributed by atoms with Crippen LogP contribution in [0, 0.1) is 5.92 Å². The average molecular weight is 338 g/mol. The molecule has 8 heteroatoms. The standard InChI is InChI=1S/C14H18N4O2S2/c1-4-9(2)5-6-20-13(19)12-11(17-18-22-12)10-7-15-14(21-3)16-8-10/h7-9H,4-6H2,1-3H3/t9-/m1/s1. The van der Waals surface area contributed by atoms with Crippen molar-refractivity contribution in [2.45, 2.75) is 31.8 Å². The minimum absolute atomic E-state index is 0.387. The molecule has 0 aliphatic rings. The summed E-state index contributed by atoms with van der Waals surface area (Å²) < 4.78 is 9.16. The van der Waals surface area contributed by atoms with Gasteiger partial charge in [-0.3, -0.25) is 0 Å². The van der Waals surface area contributed by atoms with E-state index in [1.54, 1.807) is 12.4 Å². The second-order valence-electron chi connectivity index (χ2n) is 4.85. The van der Waals surface area contributed by atoms with Crippen LogP contribution < -0.4 is 0 Å². The summed E-state index contributed by atoms with van der Waals surface area (Å²) in [7, 11) is 0. The molecule has 6 nitrogen and oxygen atoms in total. The molecule has 0 bridgehead atoms. The molecule has 0 fully saturated rings. The lowest BCUT2D eigenvalue weighted by Gasteiger charge is -2.08. The van der Waals surface area contributed by atoms with Crippen LogP contribution in [0.3, 0.4) is 0 Å². The molecular formula is C14H18N4O2S2. The summed E-state index contributed by atoms with van der Waals surface area (Å²) in [5.74, 6) is 0.154.